The predicted molar refractivity (Wildman–Crippen MR) is 76.5 cm³/mol. The van der Waals surface area contributed by atoms with E-state index in [0.29, 0.717) is 12.0 Å². The van der Waals surface area contributed by atoms with E-state index in [2.05, 4.69) is 0 Å². The van der Waals surface area contributed by atoms with E-state index in [9.17, 15) is 9.59 Å². The van der Waals surface area contributed by atoms with Gasteiger partial charge in [-0.15, -0.1) is 0 Å². The molecular formula is C17H16O3. The second-order valence-corrected chi connectivity index (χ2v) is 4.54. The van der Waals surface area contributed by atoms with E-state index in [1.54, 1.807) is 6.07 Å². The second-order valence-electron chi connectivity index (χ2n) is 4.54. The molecular weight excluding hydrogens is 252 g/mol. The van der Waals surface area contributed by atoms with Gasteiger partial charge >= 0.3 is 5.97 Å². The van der Waals surface area contributed by atoms with Crippen LogP contribution in [-0.4, -0.2) is 12.3 Å². The zero-order chi connectivity index (χ0) is 14.4. The van der Waals surface area contributed by atoms with Gasteiger partial charge in [-0.2, -0.15) is 0 Å². The van der Waals surface area contributed by atoms with Gasteiger partial charge in [0, 0.05) is 12.5 Å². The number of carbonyl (C=O) groups is 2. The largest absolute Gasteiger partial charge is 0.461 e. The molecule has 2 rings (SSSR count). The number of hydrogen-bond acceptors (Lipinski definition) is 3. The first kappa shape index (κ1) is 14.0. The lowest BCUT2D eigenvalue weighted by Gasteiger charge is -2.10. The van der Waals surface area contributed by atoms with Crippen molar-refractivity contribution in [2.45, 2.75) is 20.0 Å². The summed E-state index contributed by atoms with van der Waals surface area (Å²) in [5, 5.41) is 0. The van der Waals surface area contributed by atoms with E-state index in [4.69, 9.17) is 4.74 Å². The zero-order valence-corrected chi connectivity index (χ0v) is 11.3. The molecule has 20 heavy (non-hydrogen) atoms. The molecule has 0 radical (unpaired) electrons. The Morgan fingerprint density at radius 3 is 2.25 bits per heavy atom. The molecule has 0 heterocycles. The average molecular weight is 268 g/mol. The van der Waals surface area contributed by atoms with Gasteiger partial charge in [0.25, 0.3) is 0 Å². The molecule has 3 nitrogen and oxygen atoms in total. The summed E-state index contributed by atoms with van der Waals surface area (Å²) < 4.78 is 5.05. The van der Waals surface area contributed by atoms with E-state index in [1.165, 1.54) is 6.92 Å². The molecule has 0 aliphatic carbocycles. The number of rotatable bonds is 5. The third-order valence-electron chi connectivity index (χ3n) is 3.11. The molecule has 2 aromatic rings. The molecule has 0 bridgehead atoms. The Morgan fingerprint density at radius 2 is 1.60 bits per heavy atom. The summed E-state index contributed by atoms with van der Waals surface area (Å²) in [4.78, 5) is 22.0. The number of esters is 1. The standard InChI is InChI=1S/C17H16O3/c1-13(19)20-12-17-9-5-3-7-15(17)10-14-6-2-4-8-16(14)11-18/h2-9,11H,10,12H2,1H3. The summed E-state index contributed by atoms with van der Waals surface area (Å²) in [5.41, 5.74) is 3.68. The van der Waals surface area contributed by atoms with E-state index < -0.39 is 0 Å². The van der Waals surface area contributed by atoms with E-state index in [-0.39, 0.29) is 12.6 Å². The number of carbonyl (C=O) groups excluding carboxylic acids is 2. The molecule has 2 aromatic carbocycles. The molecule has 0 atom stereocenters. The van der Waals surface area contributed by atoms with Gasteiger partial charge in [0.05, 0.1) is 0 Å². The molecule has 0 unspecified atom stereocenters. The van der Waals surface area contributed by atoms with Crippen LogP contribution < -0.4 is 0 Å². The number of ether oxygens (including phenoxy) is 1. The van der Waals surface area contributed by atoms with Gasteiger partial charge in [0.15, 0.2) is 0 Å². The number of benzene rings is 2. The minimum absolute atomic E-state index is 0.259. The highest BCUT2D eigenvalue weighted by molar-refractivity contribution is 5.77. The van der Waals surface area contributed by atoms with Gasteiger partial charge in [-0.05, 0) is 23.1 Å². The Hall–Kier alpha value is -2.42. The van der Waals surface area contributed by atoms with Crippen LogP contribution >= 0.6 is 0 Å². The molecule has 0 fully saturated rings. The maximum absolute atomic E-state index is 11.0. The molecule has 0 saturated carbocycles. The van der Waals surface area contributed by atoms with Crippen molar-refractivity contribution in [3.8, 4) is 0 Å². The Balaban J connectivity index is 2.24. The number of aldehydes is 1. The summed E-state index contributed by atoms with van der Waals surface area (Å²) in [6.45, 7) is 1.65. The first-order chi connectivity index (χ1) is 9.70. The van der Waals surface area contributed by atoms with Gasteiger partial charge in [0.2, 0.25) is 0 Å². The smallest absolute Gasteiger partial charge is 0.302 e. The van der Waals surface area contributed by atoms with Crippen molar-refractivity contribution >= 4 is 12.3 Å². The molecule has 3 heteroatoms. The van der Waals surface area contributed by atoms with Crippen molar-refractivity contribution in [2.75, 3.05) is 0 Å². The molecule has 102 valence electrons. The molecule has 0 amide bonds. The van der Waals surface area contributed by atoms with E-state index in [1.807, 2.05) is 42.5 Å². The maximum atomic E-state index is 11.0. The van der Waals surface area contributed by atoms with Gasteiger partial charge in [-0.1, -0.05) is 48.5 Å². The Morgan fingerprint density at radius 1 is 1.00 bits per heavy atom. The van der Waals surface area contributed by atoms with Crippen LogP contribution in [-0.2, 0) is 22.6 Å². The van der Waals surface area contributed by atoms with Gasteiger partial charge < -0.3 is 4.74 Å². The van der Waals surface area contributed by atoms with Crippen LogP contribution in [0.2, 0.25) is 0 Å². The highest BCUT2D eigenvalue weighted by Crippen LogP contribution is 2.17. The fourth-order valence-corrected chi connectivity index (χ4v) is 2.07. The zero-order valence-electron chi connectivity index (χ0n) is 11.3. The monoisotopic (exact) mass is 268 g/mol. The lowest BCUT2D eigenvalue weighted by atomic mass is 9.97. The fraction of sp³-hybridized carbons (Fsp3) is 0.176. The first-order valence-electron chi connectivity index (χ1n) is 6.44. The molecule has 0 spiro atoms. The summed E-state index contributed by atoms with van der Waals surface area (Å²) in [6.07, 6.45) is 1.51. The van der Waals surface area contributed by atoms with Gasteiger partial charge in [0.1, 0.15) is 12.9 Å². The van der Waals surface area contributed by atoms with Crippen LogP contribution in [0.25, 0.3) is 0 Å². The minimum atomic E-state index is -0.298. The van der Waals surface area contributed by atoms with Crippen LogP contribution in [0.5, 0.6) is 0 Å². The first-order valence-corrected chi connectivity index (χ1v) is 6.44. The van der Waals surface area contributed by atoms with E-state index in [0.717, 1.165) is 23.0 Å². The van der Waals surface area contributed by atoms with Gasteiger partial charge in [-0.3, -0.25) is 9.59 Å². The molecule has 0 aliphatic rings. The summed E-state index contributed by atoms with van der Waals surface area (Å²) in [6, 6.07) is 15.3. The third kappa shape index (κ3) is 3.54. The lowest BCUT2D eigenvalue weighted by Crippen LogP contribution is -2.03. The van der Waals surface area contributed by atoms with Crippen molar-refractivity contribution in [3.05, 3.63) is 70.8 Å². The Labute approximate surface area is 118 Å². The predicted octanol–water partition coefficient (Wildman–Crippen LogP) is 3.15. The number of hydrogen-bond donors (Lipinski definition) is 0. The topological polar surface area (TPSA) is 43.4 Å². The second kappa shape index (κ2) is 6.66. The summed E-state index contributed by atoms with van der Waals surface area (Å²) in [7, 11) is 0. The fourth-order valence-electron chi connectivity index (χ4n) is 2.07. The Bertz CT molecular complexity index is 617. The van der Waals surface area contributed by atoms with Crippen LogP contribution in [0, 0.1) is 0 Å². The molecule has 0 N–H and O–H groups in total. The summed E-state index contributed by atoms with van der Waals surface area (Å²) in [5.74, 6) is -0.298. The summed E-state index contributed by atoms with van der Waals surface area (Å²) >= 11 is 0. The van der Waals surface area contributed by atoms with Crippen molar-refractivity contribution in [1.82, 2.24) is 0 Å². The van der Waals surface area contributed by atoms with Crippen LogP contribution in [0.4, 0.5) is 0 Å². The van der Waals surface area contributed by atoms with Crippen LogP contribution in [0.1, 0.15) is 34.0 Å². The van der Waals surface area contributed by atoms with Crippen molar-refractivity contribution in [3.63, 3.8) is 0 Å². The van der Waals surface area contributed by atoms with Crippen LogP contribution in [0.3, 0.4) is 0 Å². The average Bonchev–Trinajstić information content (AvgIpc) is 2.47. The SMILES string of the molecule is CC(=O)OCc1ccccc1Cc1ccccc1C=O. The normalized spacial score (nSPS) is 10.1. The molecule has 0 aliphatic heterocycles. The van der Waals surface area contributed by atoms with Crippen molar-refractivity contribution in [2.24, 2.45) is 0 Å². The highest BCUT2D eigenvalue weighted by atomic mass is 16.5. The quantitative estimate of drug-likeness (QED) is 0.618. The van der Waals surface area contributed by atoms with Gasteiger partial charge in [-0.25, -0.2) is 0 Å². The maximum Gasteiger partial charge on any atom is 0.302 e. The highest BCUT2D eigenvalue weighted by Gasteiger charge is 2.07. The third-order valence-corrected chi connectivity index (χ3v) is 3.11. The molecule has 0 saturated heterocycles. The van der Waals surface area contributed by atoms with Crippen LogP contribution in [0.15, 0.2) is 48.5 Å². The van der Waals surface area contributed by atoms with Crippen molar-refractivity contribution in [1.29, 1.82) is 0 Å². The molecule has 0 aromatic heterocycles. The van der Waals surface area contributed by atoms with Crippen molar-refractivity contribution < 1.29 is 14.3 Å². The minimum Gasteiger partial charge on any atom is -0.461 e. The Kier molecular flexibility index (Phi) is 4.66. The van der Waals surface area contributed by atoms with E-state index >= 15 is 0 Å². The lowest BCUT2D eigenvalue weighted by molar-refractivity contribution is -0.142.